The molecule has 0 radical (unpaired) electrons. The Kier molecular flexibility index (Phi) is 4.95. The lowest BCUT2D eigenvalue weighted by Crippen LogP contribution is -2.67. The molecule has 0 aliphatic carbocycles. The number of carbonyl (C=O) groups is 3. The van der Waals surface area contributed by atoms with Crippen LogP contribution in [0.2, 0.25) is 0 Å². The molecule has 8 nitrogen and oxygen atoms in total. The number of carbonyl (C=O) groups excluding carboxylic acids is 3. The number of nitrogens with zero attached hydrogens (tertiary/aromatic N) is 2. The molecule has 1 aromatic heterocycles. The van der Waals surface area contributed by atoms with Crippen LogP contribution in [-0.2, 0) is 20.8 Å². The molecule has 0 saturated heterocycles. The van der Waals surface area contributed by atoms with Crippen LogP contribution in [0.1, 0.15) is 32.4 Å². The first-order valence-electron chi connectivity index (χ1n) is 9.02. The van der Waals surface area contributed by atoms with E-state index in [0.29, 0.717) is 13.0 Å². The predicted octanol–water partition coefficient (Wildman–Crippen LogP) is -0.965. The molecule has 4 atom stereocenters. The van der Waals surface area contributed by atoms with Crippen LogP contribution in [0.15, 0.2) is 18.3 Å². The molecule has 0 saturated carbocycles. The van der Waals surface area contributed by atoms with Crippen LogP contribution in [0.5, 0.6) is 0 Å². The van der Waals surface area contributed by atoms with E-state index in [9.17, 15) is 14.4 Å². The highest BCUT2D eigenvalue weighted by molar-refractivity contribution is 6.06. The Morgan fingerprint density at radius 1 is 1.42 bits per heavy atom. The Morgan fingerprint density at radius 2 is 2.15 bits per heavy atom. The maximum atomic E-state index is 13.2. The van der Waals surface area contributed by atoms with E-state index in [1.54, 1.807) is 18.9 Å². The van der Waals surface area contributed by atoms with E-state index >= 15 is 0 Å². The lowest BCUT2D eigenvalue weighted by molar-refractivity contribution is -0.710. The number of anilines is 1. The number of hydrogen-bond acceptors (Lipinski definition) is 4. The topological polar surface area (TPSA) is 94.4 Å². The fraction of sp³-hybridized carbons (Fsp3) is 0.556. The van der Waals surface area contributed by atoms with Gasteiger partial charge in [-0.3, -0.25) is 9.59 Å². The number of pyridine rings is 1. The van der Waals surface area contributed by atoms with Gasteiger partial charge in [-0.05, 0) is 40.0 Å². The quantitative estimate of drug-likeness (QED) is 0.589. The maximum absolute atomic E-state index is 13.2. The summed E-state index contributed by atoms with van der Waals surface area (Å²) in [6, 6.07) is 1.90. The minimum Gasteiger partial charge on any atom is -0.353 e. The van der Waals surface area contributed by atoms with Crippen LogP contribution in [0.4, 0.5) is 5.82 Å². The molecule has 140 valence electrons. The normalized spacial score (nSPS) is 24.8. The van der Waals surface area contributed by atoms with Gasteiger partial charge in [0, 0.05) is 18.5 Å². The highest BCUT2D eigenvalue weighted by atomic mass is 16.2. The summed E-state index contributed by atoms with van der Waals surface area (Å²) in [5, 5.41) is 8.52. The average molecular weight is 360 g/mol. The zero-order chi connectivity index (χ0) is 19.0. The molecule has 0 bridgehead atoms. The Balaban J connectivity index is 1.98. The molecule has 3 heterocycles. The Hall–Kier alpha value is -2.48. The lowest BCUT2D eigenvalue weighted by Gasteiger charge is -2.32. The van der Waals surface area contributed by atoms with Gasteiger partial charge in [0.1, 0.15) is 6.04 Å². The SMILES string of the molecule is CCNC(=O)C1Cc2ccc[n+]3c2N1C(=O)[C@@H](NC(=O)[C@H](C)NC)C3C. The highest BCUT2D eigenvalue weighted by Gasteiger charge is 2.55. The molecule has 2 unspecified atom stereocenters. The van der Waals surface area contributed by atoms with Gasteiger partial charge in [-0.2, -0.15) is 4.90 Å². The van der Waals surface area contributed by atoms with Gasteiger partial charge in [0.25, 0.3) is 11.7 Å². The molecule has 0 spiro atoms. The molecular formula is C18H26N5O3+. The van der Waals surface area contributed by atoms with Crippen molar-refractivity contribution in [2.24, 2.45) is 0 Å². The van der Waals surface area contributed by atoms with Crippen molar-refractivity contribution >= 4 is 23.5 Å². The van der Waals surface area contributed by atoms with Crippen molar-refractivity contribution in [3.63, 3.8) is 0 Å². The number of amides is 3. The molecule has 1 aromatic rings. The number of likely N-dealkylation sites (N-methyl/N-ethyl adjacent to an activating group) is 2. The number of hydrogen-bond donors (Lipinski definition) is 3. The standard InChI is InChI=1S/C18H25N5O3/c1-5-20-16(25)13-9-12-7-6-8-22-11(3)14(18(26)23(13)17(12)22)21-15(24)10(2)19-4/h6-8,10-11,13-14,19H,5,9H2,1-4H3,(H-,20,21,24,25)/p+1/t10-,11?,13?,14-/m0/s1. The second-order valence-electron chi connectivity index (χ2n) is 6.82. The molecular weight excluding hydrogens is 334 g/mol. The summed E-state index contributed by atoms with van der Waals surface area (Å²) < 4.78 is 1.98. The Morgan fingerprint density at radius 3 is 2.81 bits per heavy atom. The van der Waals surface area contributed by atoms with E-state index in [4.69, 9.17) is 0 Å². The van der Waals surface area contributed by atoms with Gasteiger partial charge in [0.15, 0.2) is 12.1 Å². The summed E-state index contributed by atoms with van der Waals surface area (Å²) in [6.07, 6.45) is 2.37. The molecule has 2 aliphatic rings. The van der Waals surface area contributed by atoms with Crippen LogP contribution in [-0.4, -0.2) is 49.4 Å². The largest absolute Gasteiger partial charge is 0.353 e. The summed E-state index contributed by atoms with van der Waals surface area (Å²) >= 11 is 0. The van der Waals surface area contributed by atoms with Gasteiger partial charge in [-0.25, -0.2) is 9.36 Å². The lowest BCUT2D eigenvalue weighted by atomic mass is 10.0. The summed E-state index contributed by atoms with van der Waals surface area (Å²) in [7, 11) is 1.69. The van der Waals surface area contributed by atoms with Crippen molar-refractivity contribution in [1.29, 1.82) is 0 Å². The number of rotatable bonds is 5. The molecule has 3 N–H and O–H groups in total. The molecule has 26 heavy (non-hydrogen) atoms. The molecule has 3 amide bonds. The van der Waals surface area contributed by atoms with Crippen LogP contribution in [0.25, 0.3) is 0 Å². The minimum absolute atomic E-state index is 0.174. The Bertz CT molecular complexity index is 750. The first kappa shape index (κ1) is 18.3. The van der Waals surface area contributed by atoms with E-state index in [1.807, 2.05) is 36.7 Å². The summed E-state index contributed by atoms with van der Waals surface area (Å²) in [4.78, 5) is 39.6. The molecule has 0 aromatic carbocycles. The molecule has 0 fully saturated rings. The van der Waals surface area contributed by atoms with E-state index in [-0.39, 0.29) is 23.8 Å². The average Bonchev–Trinajstić information content (AvgIpc) is 3.03. The van der Waals surface area contributed by atoms with E-state index < -0.39 is 18.1 Å². The van der Waals surface area contributed by atoms with Gasteiger partial charge in [-0.1, -0.05) is 0 Å². The van der Waals surface area contributed by atoms with Gasteiger partial charge >= 0.3 is 5.91 Å². The first-order chi connectivity index (χ1) is 12.4. The third-order valence-electron chi connectivity index (χ3n) is 5.23. The molecule has 8 heteroatoms. The number of aromatic nitrogens is 1. The van der Waals surface area contributed by atoms with Crippen molar-refractivity contribution < 1.29 is 19.0 Å². The van der Waals surface area contributed by atoms with Crippen molar-refractivity contribution in [3.05, 3.63) is 23.9 Å². The third kappa shape index (κ3) is 2.84. The van der Waals surface area contributed by atoms with E-state index in [0.717, 1.165) is 11.4 Å². The summed E-state index contributed by atoms with van der Waals surface area (Å²) in [6.45, 7) is 6.00. The van der Waals surface area contributed by atoms with Crippen LogP contribution < -0.4 is 25.4 Å². The molecule has 2 aliphatic heterocycles. The van der Waals surface area contributed by atoms with Crippen LogP contribution in [0.3, 0.4) is 0 Å². The van der Waals surface area contributed by atoms with Crippen molar-refractivity contribution in [2.75, 3.05) is 18.5 Å². The fourth-order valence-corrected chi connectivity index (χ4v) is 3.65. The van der Waals surface area contributed by atoms with Crippen molar-refractivity contribution in [3.8, 4) is 0 Å². The van der Waals surface area contributed by atoms with Gasteiger partial charge in [0.2, 0.25) is 5.91 Å². The van der Waals surface area contributed by atoms with Gasteiger partial charge in [0.05, 0.1) is 12.2 Å². The second-order valence-corrected chi connectivity index (χ2v) is 6.82. The number of nitrogens with one attached hydrogen (secondary N) is 3. The highest BCUT2D eigenvalue weighted by Crippen LogP contribution is 2.34. The monoisotopic (exact) mass is 360 g/mol. The van der Waals surface area contributed by atoms with Crippen LogP contribution in [0, 0.1) is 0 Å². The van der Waals surface area contributed by atoms with E-state index in [2.05, 4.69) is 16.0 Å². The second kappa shape index (κ2) is 7.03. The van der Waals surface area contributed by atoms with E-state index in [1.165, 1.54) is 0 Å². The summed E-state index contributed by atoms with van der Waals surface area (Å²) in [5.74, 6) is 0.0993. The third-order valence-corrected chi connectivity index (χ3v) is 5.23. The molecule has 3 rings (SSSR count). The zero-order valence-electron chi connectivity index (χ0n) is 15.6. The Labute approximate surface area is 152 Å². The van der Waals surface area contributed by atoms with Crippen LogP contribution >= 0.6 is 0 Å². The van der Waals surface area contributed by atoms with Gasteiger partial charge < -0.3 is 16.0 Å². The first-order valence-corrected chi connectivity index (χ1v) is 9.02. The van der Waals surface area contributed by atoms with Gasteiger partial charge in [-0.15, -0.1) is 0 Å². The fourth-order valence-electron chi connectivity index (χ4n) is 3.65. The minimum atomic E-state index is -0.721. The summed E-state index contributed by atoms with van der Waals surface area (Å²) in [5.41, 5.74) is 0.970. The van der Waals surface area contributed by atoms with Crippen molar-refractivity contribution in [1.82, 2.24) is 16.0 Å². The maximum Gasteiger partial charge on any atom is 0.337 e. The smallest absolute Gasteiger partial charge is 0.337 e. The predicted molar refractivity (Wildman–Crippen MR) is 95.5 cm³/mol. The zero-order valence-corrected chi connectivity index (χ0v) is 15.6. The van der Waals surface area contributed by atoms with Crippen molar-refractivity contribution in [2.45, 2.75) is 51.4 Å².